The number of thiazole rings is 1. The molecular weight excluding hydrogens is 408 g/mol. The number of primary amides is 1. The molecule has 1 aromatic heterocycles. The summed E-state index contributed by atoms with van der Waals surface area (Å²) in [7, 11) is -3.77. The van der Waals surface area contributed by atoms with Gasteiger partial charge < -0.3 is 26.4 Å². The van der Waals surface area contributed by atoms with Gasteiger partial charge in [0, 0.05) is 5.38 Å². The van der Waals surface area contributed by atoms with E-state index in [1.54, 1.807) is 0 Å². The molecule has 6 N–H and O–H groups in total. The van der Waals surface area contributed by atoms with Gasteiger partial charge in [0.1, 0.15) is 31.5 Å². The van der Waals surface area contributed by atoms with Crippen LogP contribution in [0.15, 0.2) is 10.5 Å². The molecule has 0 spiro atoms. The highest BCUT2D eigenvalue weighted by atomic mass is 32.2. The molecule has 0 unspecified atom stereocenters. The van der Waals surface area contributed by atoms with Crippen molar-refractivity contribution in [2.75, 3.05) is 19.5 Å². The van der Waals surface area contributed by atoms with E-state index in [4.69, 9.17) is 16.0 Å². The van der Waals surface area contributed by atoms with Gasteiger partial charge in [-0.05, 0) is 0 Å². The average molecular weight is 422 g/mol. The topological polar surface area (TPSA) is 217 Å². The van der Waals surface area contributed by atoms with E-state index in [0.717, 1.165) is 11.3 Å². The number of carbonyl (C=O) groups is 3. The van der Waals surface area contributed by atoms with E-state index in [1.807, 2.05) is 0 Å². The molecule has 16 heteroatoms. The zero-order valence-electron chi connectivity index (χ0n) is 13.6. The lowest BCUT2D eigenvalue weighted by Gasteiger charge is -2.43. The lowest BCUT2D eigenvalue weighted by molar-refractivity contribution is -0.146. The van der Waals surface area contributed by atoms with Gasteiger partial charge in [0.2, 0.25) is 0 Å². The first kappa shape index (κ1) is 20.3. The first-order valence-electron chi connectivity index (χ1n) is 6.92. The van der Waals surface area contributed by atoms with Gasteiger partial charge in [-0.2, -0.15) is 8.42 Å². The molecule has 0 radical (unpaired) electrons. The Labute approximate surface area is 156 Å². The SMILES string of the molecule is CON=C(C(=O)N[C@H]1C(=O)N(S(=O)(=O)O)[C@H]1COC(N)=O)c1csc(N)n1. The van der Waals surface area contributed by atoms with Gasteiger partial charge in [0.05, 0.1) is 0 Å². The van der Waals surface area contributed by atoms with Gasteiger partial charge >= 0.3 is 16.4 Å². The molecule has 2 heterocycles. The van der Waals surface area contributed by atoms with E-state index in [-0.39, 0.29) is 20.8 Å². The lowest BCUT2D eigenvalue weighted by atomic mass is 9.99. The Morgan fingerprint density at radius 1 is 1.52 bits per heavy atom. The number of β-lactam (4-membered cyclic amide) rings is 1. The molecule has 1 fully saturated rings. The summed E-state index contributed by atoms with van der Waals surface area (Å²) < 4.78 is 36.2. The van der Waals surface area contributed by atoms with E-state index >= 15 is 0 Å². The second kappa shape index (κ2) is 7.72. The number of nitrogen functional groups attached to an aromatic ring is 1. The highest BCUT2D eigenvalue weighted by molar-refractivity contribution is 7.84. The second-order valence-electron chi connectivity index (χ2n) is 4.95. The van der Waals surface area contributed by atoms with Crippen LogP contribution in [0, 0.1) is 0 Å². The number of nitrogens with one attached hydrogen (secondary N) is 1. The lowest BCUT2D eigenvalue weighted by Crippen LogP contribution is -2.73. The van der Waals surface area contributed by atoms with Crippen molar-refractivity contribution < 1.29 is 36.9 Å². The average Bonchev–Trinajstić information content (AvgIpc) is 2.98. The van der Waals surface area contributed by atoms with Gasteiger partial charge in [-0.1, -0.05) is 5.16 Å². The maximum Gasteiger partial charge on any atom is 0.404 e. The van der Waals surface area contributed by atoms with Crippen LogP contribution in [-0.4, -0.2) is 71.7 Å². The van der Waals surface area contributed by atoms with Crippen molar-refractivity contribution in [2.24, 2.45) is 10.9 Å². The Morgan fingerprint density at radius 3 is 2.67 bits per heavy atom. The molecule has 0 saturated carbocycles. The summed E-state index contributed by atoms with van der Waals surface area (Å²) in [5, 5.41) is 7.27. The van der Waals surface area contributed by atoms with Crippen LogP contribution in [0.2, 0.25) is 0 Å². The molecule has 1 saturated heterocycles. The normalized spacial score (nSPS) is 20.0. The molecule has 0 aromatic carbocycles. The largest absolute Gasteiger partial charge is 0.447 e. The number of nitrogens with zero attached hydrogens (tertiary/aromatic N) is 3. The van der Waals surface area contributed by atoms with Crippen LogP contribution in [0.1, 0.15) is 5.69 Å². The molecule has 148 valence electrons. The zero-order valence-corrected chi connectivity index (χ0v) is 15.2. The fourth-order valence-electron chi connectivity index (χ4n) is 2.19. The third-order valence-corrected chi connectivity index (χ3v) is 4.88. The Morgan fingerprint density at radius 2 is 2.19 bits per heavy atom. The number of hydrogen-bond acceptors (Lipinski definition) is 11. The van der Waals surface area contributed by atoms with Crippen LogP contribution >= 0.6 is 11.3 Å². The smallest absolute Gasteiger partial charge is 0.404 e. The molecule has 1 aromatic rings. The van der Waals surface area contributed by atoms with Crippen LogP contribution in [-0.2, 0) is 29.5 Å². The monoisotopic (exact) mass is 422 g/mol. The van der Waals surface area contributed by atoms with Crippen molar-refractivity contribution in [3.05, 3.63) is 11.1 Å². The Hall–Kier alpha value is -2.98. The standard InChI is InChI=1S/C11H14N6O8S2/c1-24-16-6(4-3-26-10(12)14-4)8(18)15-7-5(2-25-11(13)20)17(9(7)19)27(21,22)23/h3,5,7H,2H2,1H3,(H2,12,14)(H2,13,20)(H,15,18)(H,21,22,23)/t5-,7+/m0/s1. The molecule has 0 bridgehead atoms. The minimum absolute atomic E-state index is 0.0504. The minimum Gasteiger partial charge on any atom is -0.447 e. The van der Waals surface area contributed by atoms with Gasteiger partial charge in [-0.3, -0.25) is 14.1 Å². The van der Waals surface area contributed by atoms with Gasteiger partial charge in [0.25, 0.3) is 11.8 Å². The van der Waals surface area contributed by atoms with Crippen LogP contribution in [0.4, 0.5) is 9.93 Å². The maximum absolute atomic E-state index is 12.4. The summed E-state index contributed by atoms with van der Waals surface area (Å²) in [4.78, 5) is 43.6. The first-order chi connectivity index (χ1) is 12.6. The van der Waals surface area contributed by atoms with Crippen molar-refractivity contribution in [1.82, 2.24) is 14.6 Å². The van der Waals surface area contributed by atoms with Crippen molar-refractivity contribution in [2.45, 2.75) is 12.1 Å². The number of anilines is 1. The van der Waals surface area contributed by atoms with Gasteiger partial charge in [-0.25, -0.2) is 14.1 Å². The van der Waals surface area contributed by atoms with Crippen molar-refractivity contribution in [1.29, 1.82) is 0 Å². The summed E-state index contributed by atoms with van der Waals surface area (Å²) in [5.41, 5.74) is 10.0. The van der Waals surface area contributed by atoms with Crippen molar-refractivity contribution in [3.63, 3.8) is 0 Å². The van der Waals surface area contributed by atoms with Gasteiger partial charge in [-0.15, -0.1) is 11.3 Å². The molecule has 14 nitrogen and oxygen atoms in total. The van der Waals surface area contributed by atoms with E-state index in [0.29, 0.717) is 0 Å². The van der Waals surface area contributed by atoms with Crippen LogP contribution in [0.25, 0.3) is 0 Å². The van der Waals surface area contributed by atoms with Crippen LogP contribution in [0.5, 0.6) is 0 Å². The Kier molecular flexibility index (Phi) is 5.82. The zero-order chi connectivity index (χ0) is 20.4. The molecule has 1 aliphatic rings. The fraction of sp³-hybridized carbons (Fsp3) is 0.364. The van der Waals surface area contributed by atoms with Crippen LogP contribution in [0.3, 0.4) is 0 Å². The van der Waals surface area contributed by atoms with E-state index in [2.05, 4.69) is 25.0 Å². The van der Waals surface area contributed by atoms with Crippen LogP contribution < -0.4 is 16.8 Å². The second-order valence-corrected chi connectivity index (χ2v) is 7.13. The van der Waals surface area contributed by atoms with Crippen molar-refractivity contribution in [3.8, 4) is 0 Å². The quantitative estimate of drug-likeness (QED) is 0.159. The predicted octanol–water partition coefficient (Wildman–Crippen LogP) is -2.33. The molecule has 2 atom stereocenters. The molecule has 27 heavy (non-hydrogen) atoms. The molecule has 0 aliphatic carbocycles. The third kappa shape index (κ3) is 4.41. The molecule has 3 amide bonds. The summed E-state index contributed by atoms with van der Waals surface area (Å²) in [6.07, 6.45) is -1.24. The summed E-state index contributed by atoms with van der Waals surface area (Å²) in [5.74, 6) is -2.10. The number of rotatable bonds is 7. The first-order valence-corrected chi connectivity index (χ1v) is 9.20. The molecule has 2 rings (SSSR count). The number of amides is 3. The molecule has 1 aliphatic heterocycles. The summed E-state index contributed by atoms with van der Waals surface area (Å²) in [6.45, 7) is -0.688. The highest BCUT2D eigenvalue weighted by Gasteiger charge is 2.54. The number of nitrogens with two attached hydrogens (primary N) is 2. The van der Waals surface area contributed by atoms with E-state index in [9.17, 15) is 22.8 Å². The minimum atomic E-state index is -4.94. The van der Waals surface area contributed by atoms with Gasteiger partial charge in [0.15, 0.2) is 10.8 Å². The fourth-order valence-corrected chi connectivity index (χ4v) is 3.61. The Balaban J connectivity index is 2.22. The number of ether oxygens (including phenoxy) is 1. The third-order valence-electron chi connectivity index (χ3n) is 3.26. The van der Waals surface area contributed by atoms with Crippen molar-refractivity contribution >= 4 is 50.4 Å². The maximum atomic E-state index is 12.4. The highest BCUT2D eigenvalue weighted by Crippen LogP contribution is 2.24. The van der Waals surface area contributed by atoms with E-state index < -0.39 is 46.9 Å². The Bertz CT molecular complexity index is 896. The number of carbonyl (C=O) groups excluding carboxylic acids is 3. The summed E-state index contributed by atoms with van der Waals surface area (Å²) in [6, 6.07) is -2.86. The van der Waals surface area contributed by atoms with E-state index in [1.165, 1.54) is 12.5 Å². The predicted molar refractivity (Wildman–Crippen MR) is 89.7 cm³/mol. The summed E-state index contributed by atoms with van der Waals surface area (Å²) >= 11 is 1.02. The number of hydrogen-bond donors (Lipinski definition) is 4. The number of aromatic nitrogens is 1. The number of oxime groups is 1. The molecular formula is C11H14N6O8S2.